The standard InChI is InChI=1S/C20H23F2N5/c21-15-2-1-14(6-16(15)22)26-18-17(23)19(25-10-24-18)27-20-7-11-3-12(8-20)5-13(4-11)9-20/h1-2,6,10-13H,3-5,7-9,23H2,(H2,24,25,26,27). The minimum atomic E-state index is -0.917. The number of anilines is 4. The van der Waals surface area contributed by atoms with Crippen molar-refractivity contribution in [2.75, 3.05) is 16.4 Å². The first-order chi connectivity index (χ1) is 13.0. The van der Waals surface area contributed by atoms with Gasteiger partial charge in [0, 0.05) is 17.3 Å². The highest BCUT2D eigenvalue weighted by atomic mass is 19.2. The second kappa shape index (κ2) is 6.04. The first-order valence-corrected chi connectivity index (χ1v) is 9.60. The highest BCUT2D eigenvalue weighted by Crippen LogP contribution is 2.56. The topological polar surface area (TPSA) is 75.9 Å². The molecule has 4 N–H and O–H groups in total. The lowest BCUT2D eigenvalue weighted by atomic mass is 9.53. The van der Waals surface area contributed by atoms with Gasteiger partial charge in [-0.1, -0.05) is 0 Å². The Morgan fingerprint density at radius 1 is 0.926 bits per heavy atom. The molecule has 4 fully saturated rings. The van der Waals surface area contributed by atoms with Gasteiger partial charge in [0.15, 0.2) is 23.3 Å². The number of aromatic nitrogens is 2. The summed E-state index contributed by atoms with van der Waals surface area (Å²) in [7, 11) is 0. The minimum absolute atomic E-state index is 0.0798. The monoisotopic (exact) mass is 371 g/mol. The van der Waals surface area contributed by atoms with Gasteiger partial charge in [0.25, 0.3) is 0 Å². The molecule has 5 nitrogen and oxygen atoms in total. The van der Waals surface area contributed by atoms with Crippen LogP contribution in [0.1, 0.15) is 38.5 Å². The third-order valence-electron chi connectivity index (χ3n) is 6.49. The molecule has 6 rings (SSSR count). The number of halogens is 2. The van der Waals surface area contributed by atoms with Crippen LogP contribution in [0.25, 0.3) is 0 Å². The molecule has 4 aliphatic rings. The predicted molar refractivity (Wildman–Crippen MR) is 101 cm³/mol. The summed E-state index contributed by atoms with van der Waals surface area (Å²) >= 11 is 0. The van der Waals surface area contributed by atoms with Gasteiger partial charge < -0.3 is 16.4 Å². The number of nitrogens with zero attached hydrogens (tertiary/aromatic N) is 2. The maximum Gasteiger partial charge on any atom is 0.160 e. The second-order valence-corrected chi connectivity index (χ2v) is 8.56. The van der Waals surface area contributed by atoms with E-state index in [1.165, 1.54) is 50.9 Å². The van der Waals surface area contributed by atoms with E-state index in [4.69, 9.17) is 5.73 Å². The molecule has 0 unspecified atom stereocenters. The number of rotatable bonds is 4. The lowest BCUT2D eigenvalue weighted by Gasteiger charge is -2.57. The number of nitrogen functional groups attached to an aromatic ring is 1. The lowest BCUT2D eigenvalue weighted by molar-refractivity contribution is 0.0106. The van der Waals surface area contributed by atoms with Crippen molar-refractivity contribution in [3.05, 3.63) is 36.2 Å². The van der Waals surface area contributed by atoms with Crippen LogP contribution in [0.3, 0.4) is 0 Å². The van der Waals surface area contributed by atoms with E-state index in [1.807, 2.05) is 0 Å². The fourth-order valence-corrected chi connectivity index (χ4v) is 5.82. The van der Waals surface area contributed by atoms with E-state index in [2.05, 4.69) is 20.6 Å². The van der Waals surface area contributed by atoms with E-state index in [-0.39, 0.29) is 5.54 Å². The second-order valence-electron chi connectivity index (χ2n) is 8.56. The van der Waals surface area contributed by atoms with Crippen LogP contribution in [0, 0.1) is 29.4 Å². The van der Waals surface area contributed by atoms with Crippen LogP contribution in [-0.2, 0) is 0 Å². The molecule has 0 radical (unpaired) electrons. The Morgan fingerprint density at radius 2 is 1.56 bits per heavy atom. The van der Waals surface area contributed by atoms with E-state index in [9.17, 15) is 8.78 Å². The lowest BCUT2D eigenvalue weighted by Crippen LogP contribution is -2.55. The van der Waals surface area contributed by atoms with Gasteiger partial charge in [-0.25, -0.2) is 18.7 Å². The molecule has 0 spiro atoms. The summed E-state index contributed by atoms with van der Waals surface area (Å²) in [5, 5.41) is 6.62. The molecule has 0 saturated heterocycles. The number of benzene rings is 1. The van der Waals surface area contributed by atoms with Gasteiger partial charge in [-0.3, -0.25) is 0 Å². The summed E-state index contributed by atoms with van der Waals surface area (Å²) in [6.07, 6.45) is 9.06. The van der Waals surface area contributed by atoms with E-state index in [0.29, 0.717) is 23.0 Å². The van der Waals surface area contributed by atoms with Crippen molar-refractivity contribution in [3.63, 3.8) is 0 Å². The summed E-state index contributed by atoms with van der Waals surface area (Å²) in [5.41, 5.74) is 7.18. The Balaban J connectivity index is 1.39. The number of hydrogen-bond donors (Lipinski definition) is 3. The number of hydrogen-bond acceptors (Lipinski definition) is 5. The molecule has 142 valence electrons. The number of nitrogens with one attached hydrogen (secondary N) is 2. The molecular formula is C20H23F2N5. The van der Waals surface area contributed by atoms with Crippen molar-refractivity contribution in [2.45, 2.75) is 44.1 Å². The van der Waals surface area contributed by atoms with Gasteiger partial charge in [0.2, 0.25) is 0 Å². The molecule has 7 heteroatoms. The van der Waals surface area contributed by atoms with Crippen LogP contribution in [-0.4, -0.2) is 15.5 Å². The molecule has 4 bridgehead atoms. The summed E-state index contributed by atoms with van der Waals surface area (Å²) in [5.74, 6) is 1.64. The maximum absolute atomic E-state index is 13.5. The van der Waals surface area contributed by atoms with Gasteiger partial charge in [-0.2, -0.15) is 0 Å². The summed E-state index contributed by atoms with van der Waals surface area (Å²) in [6.45, 7) is 0. The largest absolute Gasteiger partial charge is 0.393 e. The molecule has 1 aromatic heterocycles. The zero-order chi connectivity index (χ0) is 18.6. The highest BCUT2D eigenvalue weighted by molar-refractivity contribution is 5.78. The average molecular weight is 371 g/mol. The van der Waals surface area contributed by atoms with Crippen molar-refractivity contribution >= 4 is 23.0 Å². The summed E-state index contributed by atoms with van der Waals surface area (Å²) < 4.78 is 26.6. The fourth-order valence-electron chi connectivity index (χ4n) is 5.82. The SMILES string of the molecule is Nc1c(Nc2ccc(F)c(F)c2)ncnc1NC12CC3CC(CC(C3)C1)C2. The average Bonchev–Trinajstić information content (AvgIpc) is 2.60. The molecule has 1 aromatic carbocycles. The smallest absolute Gasteiger partial charge is 0.160 e. The molecule has 4 aliphatic carbocycles. The summed E-state index contributed by atoms with van der Waals surface area (Å²) in [4.78, 5) is 8.54. The Hall–Kier alpha value is -2.44. The van der Waals surface area contributed by atoms with E-state index in [1.54, 1.807) is 0 Å². The Morgan fingerprint density at radius 3 is 2.19 bits per heavy atom. The predicted octanol–water partition coefficient (Wildman–Crippen LogP) is 4.46. The third-order valence-corrected chi connectivity index (χ3v) is 6.49. The van der Waals surface area contributed by atoms with Crippen LogP contribution < -0.4 is 16.4 Å². The third kappa shape index (κ3) is 2.99. The number of nitrogens with two attached hydrogens (primary N) is 1. The van der Waals surface area contributed by atoms with E-state index in [0.717, 1.165) is 29.9 Å². The first-order valence-electron chi connectivity index (χ1n) is 9.60. The van der Waals surface area contributed by atoms with Gasteiger partial charge >= 0.3 is 0 Å². The Bertz CT molecular complexity index is 849. The molecular weight excluding hydrogens is 348 g/mol. The van der Waals surface area contributed by atoms with Crippen molar-refractivity contribution in [3.8, 4) is 0 Å². The minimum Gasteiger partial charge on any atom is -0.393 e. The van der Waals surface area contributed by atoms with Crippen molar-refractivity contribution in [2.24, 2.45) is 17.8 Å². The van der Waals surface area contributed by atoms with Crippen LogP contribution in [0.2, 0.25) is 0 Å². The van der Waals surface area contributed by atoms with Crippen molar-refractivity contribution < 1.29 is 8.78 Å². The van der Waals surface area contributed by atoms with Gasteiger partial charge in [-0.15, -0.1) is 0 Å². The van der Waals surface area contributed by atoms with Gasteiger partial charge in [0.1, 0.15) is 12.0 Å². The quantitative estimate of drug-likeness (QED) is 0.740. The maximum atomic E-state index is 13.5. The van der Waals surface area contributed by atoms with Gasteiger partial charge in [-0.05, 0) is 68.4 Å². The van der Waals surface area contributed by atoms with Crippen molar-refractivity contribution in [1.82, 2.24) is 9.97 Å². The fraction of sp³-hybridized carbons (Fsp3) is 0.500. The zero-order valence-corrected chi connectivity index (χ0v) is 15.0. The molecule has 4 saturated carbocycles. The Labute approximate surface area is 156 Å². The van der Waals surface area contributed by atoms with E-state index >= 15 is 0 Å². The van der Waals surface area contributed by atoms with Crippen LogP contribution in [0.5, 0.6) is 0 Å². The zero-order valence-electron chi connectivity index (χ0n) is 15.0. The molecule has 0 atom stereocenters. The molecule has 27 heavy (non-hydrogen) atoms. The van der Waals surface area contributed by atoms with E-state index < -0.39 is 11.6 Å². The molecule has 1 heterocycles. The van der Waals surface area contributed by atoms with Crippen LogP contribution in [0.15, 0.2) is 24.5 Å². The molecule has 2 aromatic rings. The first kappa shape index (κ1) is 16.7. The normalized spacial score (nSPS) is 31.1. The highest BCUT2D eigenvalue weighted by Gasteiger charge is 2.51. The van der Waals surface area contributed by atoms with Crippen LogP contribution in [0.4, 0.5) is 31.8 Å². The Kier molecular flexibility index (Phi) is 3.74. The van der Waals surface area contributed by atoms with Crippen LogP contribution >= 0.6 is 0 Å². The molecule has 0 aliphatic heterocycles. The van der Waals surface area contributed by atoms with Gasteiger partial charge in [0.05, 0.1) is 0 Å². The van der Waals surface area contributed by atoms with Crippen molar-refractivity contribution in [1.29, 1.82) is 0 Å². The summed E-state index contributed by atoms with van der Waals surface area (Å²) in [6, 6.07) is 3.61. The molecule has 0 amide bonds.